The highest BCUT2D eigenvalue weighted by Crippen LogP contribution is 2.15. The third-order valence-corrected chi connectivity index (χ3v) is 2.78. The van der Waals surface area contributed by atoms with E-state index in [1.54, 1.807) is 12.4 Å². The second kappa shape index (κ2) is 4.37. The smallest absolute Gasteiger partial charge is 0.147 e. The van der Waals surface area contributed by atoms with Crippen LogP contribution in [-0.4, -0.2) is 36.1 Å². The number of nitrogens with zero attached hydrogens (tertiary/aromatic N) is 3. The van der Waals surface area contributed by atoms with E-state index in [9.17, 15) is 0 Å². The molecule has 0 radical (unpaired) electrons. The van der Waals surface area contributed by atoms with Gasteiger partial charge in [-0.25, -0.2) is 4.98 Å². The molecule has 4 nitrogen and oxygen atoms in total. The van der Waals surface area contributed by atoms with E-state index in [1.807, 2.05) is 13.2 Å². The molecule has 1 aromatic rings. The van der Waals surface area contributed by atoms with E-state index in [0.717, 1.165) is 18.9 Å². The predicted molar refractivity (Wildman–Crippen MR) is 56.3 cm³/mol. The summed E-state index contributed by atoms with van der Waals surface area (Å²) in [5.41, 5.74) is 0. The second-order valence-corrected chi connectivity index (χ2v) is 3.61. The fourth-order valence-electron chi connectivity index (χ4n) is 1.85. The van der Waals surface area contributed by atoms with Crippen molar-refractivity contribution in [1.82, 2.24) is 15.3 Å². The Bertz CT molecular complexity index is 267. The highest BCUT2D eigenvalue weighted by molar-refractivity contribution is 5.35. The van der Waals surface area contributed by atoms with Crippen LogP contribution in [0.1, 0.15) is 12.8 Å². The number of anilines is 1. The standard InChI is InChI=1S/C10H16N4/c1-11-9-2-6-14(7-3-9)10-8-12-4-5-13-10/h4-5,8-9,11H,2-3,6-7H2,1H3. The van der Waals surface area contributed by atoms with E-state index < -0.39 is 0 Å². The van der Waals surface area contributed by atoms with Crippen LogP contribution in [0.25, 0.3) is 0 Å². The summed E-state index contributed by atoms with van der Waals surface area (Å²) in [6.45, 7) is 2.15. The van der Waals surface area contributed by atoms with Gasteiger partial charge in [0, 0.05) is 31.5 Å². The maximum Gasteiger partial charge on any atom is 0.147 e. The van der Waals surface area contributed by atoms with Crippen LogP contribution >= 0.6 is 0 Å². The van der Waals surface area contributed by atoms with Crippen LogP contribution in [0.5, 0.6) is 0 Å². The summed E-state index contributed by atoms with van der Waals surface area (Å²) in [4.78, 5) is 10.7. The minimum atomic E-state index is 0.669. The number of rotatable bonds is 2. The number of piperidine rings is 1. The zero-order valence-electron chi connectivity index (χ0n) is 8.48. The Morgan fingerprint density at radius 3 is 2.71 bits per heavy atom. The lowest BCUT2D eigenvalue weighted by atomic mass is 10.1. The van der Waals surface area contributed by atoms with Crippen LogP contribution in [0, 0.1) is 0 Å². The maximum absolute atomic E-state index is 4.30. The van der Waals surface area contributed by atoms with Crippen molar-refractivity contribution >= 4 is 5.82 Å². The second-order valence-electron chi connectivity index (χ2n) is 3.61. The molecule has 1 aliphatic rings. The zero-order chi connectivity index (χ0) is 9.80. The Morgan fingerprint density at radius 1 is 1.36 bits per heavy atom. The Labute approximate surface area is 84.4 Å². The summed E-state index contributed by atoms with van der Waals surface area (Å²) < 4.78 is 0. The number of nitrogens with one attached hydrogen (secondary N) is 1. The molecule has 0 amide bonds. The molecule has 1 fully saturated rings. The van der Waals surface area contributed by atoms with E-state index >= 15 is 0 Å². The van der Waals surface area contributed by atoms with Gasteiger partial charge in [-0.15, -0.1) is 0 Å². The molecule has 1 aromatic heterocycles. The van der Waals surface area contributed by atoms with Crippen LogP contribution in [0.15, 0.2) is 18.6 Å². The molecule has 1 N–H and O–H groups in total. The van der Waals surface area contributed by atoms with Gasteiger partial charge in [-0.1, -0.05) is 0 Å². The lowest BCUT2D eigenvalue weighted by molar-refractivity contribution is 0.440. The summed E-state index contributed by atoms with van der Waals surface area (Å²) in [6.07, 6.45) is 7.67. The summed E-state index contributed by atoms with van der Waals surface area (Å²) in [7, 11) is 2.03. The van der Waals surface area contributed by atoms with Crippen LogP contribution in [0.3, 0.4) is 0 Å². The third-order valence-electron chi connectivity index (χ3n) is 2.78. The monoisotopic (exact) mass is 192 g/mol. The Morgan fingerprint density at radius 2 is 2.14 bits per heavy atom. The molecule has 0 aliphatic carbocycles. The summed E-state index contributed by atoms with van der Waals surface area (Å²) in [5, 5.41) is 3.31. The highest BCUT2D eigenvalue weighted by atomic mass is 15.2. The molecule has 0 atom stereocenters. The van der Waals surface area contributed by atoms with Gasteiger partial charge in [0.15, 0.2) is 0 Å². The van der Waals surface area contributed by atoms with Gasteiger partial charge in [0.05, 0.1) is 6.20 Å². The van der Waals surface area contributed by atoms with Gasteiger partial charge >= 0.3 is 0 Å². The minimum Gasteiger partial charge on any atom is -0.355 e. The van der Waals surface area contributed by atoms with Gasteiger partial charge in [-0.05, 0) is 19.9 Å². The first-order valence-electron chi connectivity index (χ1n) is 5.08. The van der Waals surface area contributed by atoms with E-state index in [4.69, 9.17) is 0 Å². The molecule has 14 heavy (non-hydrogen) atoms. The van der Waals surface area contributed by atoms with E-state index in [2.05, 4.69) is 20.2 Å². The molecule has 0 spiro atoms. The minimum absolute atomic E-state index is 0.669. The Kier molecular flexibility index (Phi) is 2.93. The van der Waals surface area contributed by atoms with Crippen molar-refractivity contribution in [3.05, 3.63) is 18.6 Å². The van der Waals surface area contributed by atoms with Gasteiger partial charge in [0.25, 0.3) is 0 Å². The van der Waals surface area contributed by atoms with Crippen LogP contribution in [0.4, 0.5) is 5.82 Å². The van der Waals surface area contributed by atoms with Crippen LogP contribution < -0.4 is 10.2 Å². The van der Waals surface area contributed by atoms with Crippen molar-refractivity contribution in [2.75, 3.05) is 25.0 Å². The van der Waals surface area contributed by atoms with Crippen molar-refractivity contribution in [1.29, 1.82) is 0 Å². The van der Waals surface area contributed by atoms with Crippen molar-refractivity contribution in [2.45, 2.75) is 18.9 Å². The average Bonchev–Trinajstić information content (AvgIpc) is 2.30. The lowest BCUT2D eigenvalue weighted by Crippen LogP contribution is -2.41. The molecule has 1 saturated heterocycles. The molecule has 0 saturated carbocycles. The van der Waals surface area contributed by atoms with Gasteiger partial charge in [-0.2, -0.15) is 0 Å². The Balaban J connectivity index is 1.96. The summed E-state index contributed by atoms with van der Waals surface area (Å²) >= 11 is 0. The first kappa shape index (κ1) is 9.40. The van der Waals surface area contributed by atoms with Crippen molar-refractivity contribution in [2.24, 2.45) is 0 Å². The first-order valence-corrected chi connectivity index (χ1v) is 5.08. The molecular formula is C10H16N4. The number of aromatic nitrogens is 2. The third kappa shape index (κ3) is 2.01. The topological polar surface area (TPSA) is 41.0 Å². The fourth-order valence-corrected chi connectivity index (χ4v) is 1.85. The van der Waals surface area contributed by atoms with Gasteiger partial charge < -0.3 is 10.2 Å². The number of hydrogen-bond donors (Lipinski definition) is 1. The maximum atomic E-state index is 4.30. The summed E-state index contributed by atoms with van der Waals surface area (Å²) in [5.74, 6) is 1.00. The molecule has 1 aliphatic heterocycles. The van der Waals surface area contributed by atoms with Gasteiger partial charge in [0.2, 0.25) is 0 Å². The number of hydrogen-bond acceptors (Lipinski definition) is 4. The zero-order valence-corrected chi connectivity index (χ0v) is 8.48. The van der Waals surface area contributed by atoms with E-state index in [1.165, 1.54) is 12.8 Å². The molecule has 0 bridgehead atoms. The van der Waals surface area contributed by atoms with Crippen molar-refractivity contribution in [3.8, 4) is 0 Å². The molecule has 76 valence electrons. The largest absolute Gasteiger partial charge is 0.355 e. The molecular weight excluding hydrogens is 176 g/mol. The average molecular weight is 192 g/mol. The lowest BCUT2D eigenvalue weighted by Gasteiger charge is -2.32. The molecule has 2 heterocycles. The van der Waals surface area contributed by atoms with Crippen LogP contribution in [0.2, 0.25) is 0 Å². The van der Waals surface area contributed by atoms with Gasteiger partial charge in [-0.3, -0.25) is 4.98 Å². The van der Waals surface area contributed by atoms with Crippen molar-refractivity contribution < 1.29 is 0 Å². The first-order chi connectivity index (χ1) is 6.90. The summed E-state index contributed by atoms with van der Waals surface area (Å²) in [6, 6.07) is 0.669. The predicted octanol–water partition coefficient (Wildman–Crippen LogP) is 0.665. The fraction of sp³-hybridized carbons (Fsp3) is 0.600. The highest BCUT2D eigenvalue weighted by Gasteiger charge is 2.18. The van der Waals surface area contributed by atoms with Crippen LogP contribution in [-0.2, 0) is 0 Å². The molecule has 0 aromatic carbocycles. The Hall–Kier alpha value is -1.16. The SMILES string of the molecule is CNC1CCN(c2cnccn2)CC1. The molecule has 0 unspecified atom stereocenters. The normalized spacial score (nSPS) is 18.5. The molecule has 4 heteroatoms. The van der Waals surface area contributed by atoms with Gasteiger partial charge in [0.1, 0.15) is 5.82 Å². The van der Waals surface area contributed by atoms with Crippen molar-refractivity contribution in [3.63, 3.8) is 0 Å². The van der Waals surface area contributed by atoms with E-state index in [-0.39, 0.29) is 0 Å². The molecule has 2 rings (SSSR count). The van der Waals surface area contributed by atoms with E-state index in [0.29, 0.717) is 6.04 Å². The quantitative estimate of drug-likeness (QED) is 0.747.